The van der Waals surface area contributed by atoms with Gasteiger partial charge in [0.25, 0.3) is 0 Å². The smallest absolute Gasteiger partial charge is 0.326 e. The first kappa shape index (κ1) is 15.8. The Morgan fingerprint density at radius 2 is 1.95 bits per heavy atom. The number of carbonyl (C=O) groups is 2. The number of carboxylic acid groups (broad SMARTS) is 1. The summed E-state index contributed by atoms with van der Waals surface area (Å²) in [4.78, 5) is 26.8. The molecule has 5 heteroatoms. The second kappa shape index (κ2) is 6.78. The van der Waals surface area contributed by atoms with E-state index in [0.717, 1.165) is 19.3 Å². The van der Waals surface area contributed by atoms with Crippen LogP contribution in [-0.2, 0) is 4.79 Å². The molecular weight excluding hydrogens is 244 g/mol. The Kier molecular flexibility index (Phi) is 5.63. The largest absolute Gasteiger partial charge is 0.480 e. The van der Waals surface area contributed by atoms with Crippen molar-refractivity contribution >= 4 is 12.0 Å². The van der Waals surface area contributed by atoms with E-state index in [1.54, 1.807) is 11.9 Å². The van der Waals surface area contributed by atoms with Crippen molar-refractivity contribution in [1.29, 1.82) is 0 Å². The van der Waals surface area contributed by atoms with Gasteiger partial charge in [-0.25, -0.2) is 9.59 Å². The lowest BCUT2D eigenvalue weighted by Gasteiger charge is -2.38. The molecule has 1 aliphatic heterocycles. The first-order valence-corrected chi connectivity index (χ1v) is 7.10. The molecule has 1 rings (SSSR count). The Hall–Kier alpha value is -1.26. The zero-order chi connectivity index (χ0) is 14.6. The first-order chi connectivity index (χ1) is 8.84. The number of amides is 2. The van der Waals surface area contributed by atoms with Crippen molar-refractivity contribution in [2.75, 3.05) is 13.6 Å². The maximum atomic E-state index is 12.4. The molecular formula is C14H26N2O3. The third kappa shape index (κ3) is 4.11. The number of piperidine rings is 1. The highest BCUT2D eigenvalue weighted by molar-refractivity contribution is 5.83. The monoisotopic (exact) mass is 270 g/mol. The molecule has 0 aliphatic carbocycles. The maximum absolute atomic E-state index is 12.4. The SMILES string of the molecule is CC(C)CC(C)N(C)C(=O)N1CCCCC1C(=O)O. The zero-order valence-electron chi connectivity index (χ0n) is 12.4. The topological polar surface area (TPSA) is 60.9 Å². The third-order valence-electron chi connectivity index (χ3n) is 3.81. The maximum Gasteiger partial charge on any atom is 0.326 e. The molecule has 0 spiro atoms. The summed E-state index contributed by atoms with van der Waals surface area (Å²) in [6.45, 7) is 6.80. The van der Waals surface area contributed by atoms with E-state index < -0.39 is 12.0 Å². The van der Waals surface area contributed by atoms with Gasteiger partial charge in [-0.15, -0.1) is 0 Å². The number of carbonyl (C=O) groups excluding carboxylic acids is 1. The van der Waals surface area contributed by atoms with Gasteiger partial charge in [0.2, 0.25) is 0 Å². The van der Waals surface area contributed by atoms with Crippen LogP contribution in [0.2, 0.25) is 0 Å². The van der Waals surface area contributed by atoms with E-state index in [1.165, 1.54) is 4.90 Å². The molecule has 1 fully saturated rings. The van der Waals surface area contributed by atoms with E-state index in [4.69, 9.17) is 0 Å². The number of nitrogens with zero attached hydrogens (tertiary/aromatic N) is 2. The van der Waals surface area contributed by atoms with Crippen LogP contribution in [0.4, 0.5) is 4.79 Å². The summed E-state index contributed by atoms with van der Waals surface area (Å²) >= 11 is 0. The molecule has 2 amide bonds. The van der Waals surface area contributed by atoms with Gasteiger partial charge in [0, 0.05) is 19.6 Å². The van der Waals surface area contributed by atoms with Crippen LogP contribution in [0, 0.1) is 5.92 Å². The van der Waals surface area contributed by atoms with Crippen LogP contribution in [0.5, 0.6) is 0 Å². The summed E-state index contributed by atoms with van der Waals surface area (Å²) in [5, 5.41) is 9.21. The second-order valence-electron chi connectivity index (χ2n) is 5.92. The molecule has 1 N–H and O–H groups in total. The Balaban J connectivity index is 2.70. The Morgan fingerprint density at radius 3 is 2.47 bits per heavy atom. The number of hydrogen-bond donors (Lipinski definition) is 1. The second-order valence-corrected chi connectivity index (χ2v) is 5.92. The summed E-state index contributed by atoms with van der Waals surface area (Å²) in [5.74, 6) is -0.375. The van der Waals surface area contributed by atoms with Crippen LogP contribution in [0.25, 0.3) is 0 Å². The molecule has 1 saturated heterocycles. The van der Waals surface area contributed by atoms with Crippen LogP contribution in [-0.4, -0.2) is 52.6 Å². The van der Waals surface area contributed by atoms with Crippen LogP contribution in [0.3, 0.4) is 0 Å². The normalized spacial score (nSPS) is 21.3. The van der Waals surface area contributed by atoms with Gasteiger partial charge >= 0.3 is 12.0 Å². The summed E-state index contributed by atoms with van der Waals surface area (Å²) < 4.78 is 0. The summed E-state index contributed by atoms with van der Waals surface area (Å²) in [5.41, 5.74) is 0. The molecule has 1 heterocycles. The van der Waals surface area contributed by atoms with Crippen molar-refractivity contribution in [3.8, 4) is 0 Å². The Labute approximate surface area is 115 Å². The highest BCUT2D eigenvalue weighted by Crippen LogP contribution is 2.20. The molecule has 0 aromatic carbocycles. The van der Waals surface area contributed by atoms with Gasteiger partial charge < -0.3 is 14.9 Å². The van der Waals surface area contributed by atoms with Crippen LogP contribution < -0.4 is 0 Å². The standard InChI is InChI=1S/C14H26N2O3/c1-10(2)9-11(3)15(4)14(19)16-8-6-5-7-12(16)13(17)18/h10-12H,5-9H2,1-4H3,(H,17,18). The predicted octanol–water partition coefficient (Wildman–Crippen LogP) is 2.41. The molecule has 0 aromatic heterocycles. The van der Waals surface area contributed by atoms with Crippen molar-refractivity contribution < 1.29 is 14.7 Å². The minimum Gasteiger partial charge on any atom is -0.480 e. The van der Waals surface area contributed by atoms with Gasteiger partial charge in [0.05, 0.1) is 0 Å². The molecule has 2 atom stereocenters. The fraction of sp³-hybridized carbons (Fsp3) is 0.857. The lowest BCUT2D eigenvalue weighted by Crippen LogP contribution is -2.54. The minimum atomic E-state index is -0.891. The number of carboxylic acids is 1. The van der Waals surface area contributed by atoms with Gasteiger partial charge in [0.1, 0.15) is 6.04 Å². The molecule has 110 valence electrons. The number of rotatable bonds is 4. The molecule has 5 nitrogen and oxygen atoms in total. The molecule has 0 saturated carbocycles. The molecule has 0 radical (unpaired) electrons. The van der Waals surface area contributed by atoms with Crippen LogP contribution in [0.15, 0.2) is 0 Å². The fourth-order valence-electron chi connectivity index (χ4n) is 2.65. The van der Waals surface area contributed by atoms with Crippen molar-refractivity contribution in [2.24, 2.45) is 5.92 Å². The van der Waals surface area contributed by atoms with Crippen molar-refractivity contribution in [1.82, 2.24) is 9.80 Å². The highest BCUT2D eigenvalue weighted by atomic mass is 16.4. The van der Waals surface area contributed by atoms with E-state index in [-0.39, 0.29) is 12.1 Å². The van der Waals surface area contributed by atoms with Gasteiger partial charge in [-0.3, -0.25) is 0 Å². The number of urea groups is 1. The lowest BCUT2D eigenvalue weighted by atomic mass is 10.0. The van der Waals surface area contributed by atoms with Crippen molar-refractivity contribution in [2.45, 2.75) is 58.5 Å². The van der Waals surface area contributed by atoms with Crippen molar-refractivity contribution in [3.05, 3.63) is 0 Å². The average molecular weight is 270 g/mol. The van der Waals surface area contributed by atoms with Crippen molar-refractivity contribution in [3.63, 3.8) is 0 Å². The van der Waals surface area contributed by atoms with E-state index in [9.17, 15) is 14.7 Å². The predicted molar refractivity (Wildman–Crippen MR) is 74.1 cm³/mol. The third-order valence-corrected chi connectivity index (χ3v) is 3.81. The van der Waals surface area contributed by atoms with E-state index >= 15 is 0 Å². The quantitative estimate of drug-likeness (QED) is 0.853. The van der Waals surface area contributed by atoms with Crippen LogP contribution in [0.1, 0.15) is 46.5 Å². The molecule has 0 aromatic rings. The average Bonchev–Trinajstić information content (AvgIpc) is 2.36. The molecule has 19 heavy (non-hydrogen) atoms. The Morgan fingerprint density at radius 1 is 1.32 bits per heavy atom. The number of hydrogen-bond acceptors (Lipinski definition) is 2. The van der Waals surface area contributed by atoms with E-state index in [1.807, 2.05) is 6.92 Å². The van der Waals surface area contributed by atoms with Gasteiger partial charge in [-0.05, 0) is 38.5 Å². The van der Waals surface area contributed by atoms with Crippen LogP contribution >= 0.6 is 0 Å². The van der Waals surface area contributed by atoms with E-state index in [0.29, 0.717) is 18.9 Å². The summed E-state index contributed by atoms with van der Waals surface area (Å²) in [6.07, 6.45) is 3.26. The molecule has 2 unspecified atom stereocenters. The summed E-state index contributed by atoms with van der Waals surface area (Å²) in [6, 6.07) is -0.681. The number of likely N-dealkylation sites (tertiary alicyclic amines) is 1. The molecule has 0 bridgehead atoms. The summed E-state index contributed by atoms with van der Waals surface area (Å²) in [7, 11) is 1.77. The fourth-order valence-corrected chi connectivity index (χ4v) is 2.65. The van der Waals surface area contributed by atoms with E-state index in [2.05, 4.69) is 13.8 Å². The number of aliphatic carboxylic acids is 1. The lowest BCUT2D eigenvalue weighted by molar-refractivity contribution is -0.143. The van der Waals surface area contributed by atoms with Gasteiger partial charge in [-0.2, -0.15) is 0 Å². The minimum absolute atomic E-state index is 0.129. The molecule has 1 aliphatic rings. The van der Waals surface area contributed by atoms with Gasteiger partial charge in [-0.1, -0.05) is 13.8 Å². The zero-order valence-corrected chi connectivity index (χ0v) is 12.4. The first-order valence-electron chi connectivity index (χ1n) is 7.10. The Bertz CT molecular complexity index is 331. The highest BCUT2D eigenvalue weighted by Gasteiger charge is 2.34. The van der Waals surface area contributed by atoms with Gasteiger partial charge in [0.15, 0.2) is 0 Å².